The van der Waals surface area contributed by atoms with Crippen LogP contribution < -0.4 is 15.0 Å². The molecule has 0 aliphatic carbocycles. The number of rotatable bonds is 6. The van der Waals surface area contributed by atoms with E-state index < -0.39 is 0 Å². The molecule has 1 aromatic carbocycles. The number of benzene rings is 1. The van der Waals surface area contributed by atoms with Gasteiger partial charge in [-0.2, -0.15) is 0 Å². The van der Waals surface area contributed by atoms with E-state index in [1.807, 2.05) is 6.07 Å². The van der Waals surface area contributed by atoms with Gasteiger partial charge in [-0.15, -0.1) is 0 Å². The van der Waals surface area contributed by atoms with Gasteiger partial charge in [0.05, 0.1) is 7.11 Å². The monoisotopic (exact) mass is 290 g/mol. The molecule has 1 saturated heterocycles. The maximum absolute atomic E-state index is 5.35. The molecular weight excluding hydrogens is 260 g/mol. The van der Waals surface area contributed by atoms with Crippen LogP contribution in [-0.2, 0) is 0 Å². The highest BCUT2D eigenvalue weighted by atomic mass is 16.5. The van der Waals surface area contributed by atoms with Crippen molar-refractivity contribution in [3.8, 4) is 5.75 Å². The lowest BCUT2D eigenvalue weighted by molar-refractivity contribution is 0.344. The molecule has 0 bridgehead atoms. The third-order valence-electron chi connectivity index (χ3n) is 4.23. The zero-order valence-corrected chi connectivity index (χ0v) is 13.9. The molecule has 3 heteroatoms. The second-order valence-electron chi connectivity index (χ2n) is 6.78. The van der Waals surface area contributed by atoms with Crippen LogP contribution in [0.25, 0.3) is 0 Å². The van der Waals surface area contributed by atoms with Gasteiger partial charge < -0.3 is 15.0 Å². The van der Waals surface area contributed by atoms with Crippen LogP contribution in [0.4, 0.5) is 5.69 Å². The van der Waals surface area contributed by atoms with E-state index in [9.17, 15) is 0 Å². The summed E-state index contributed by atoms with van der Waals surface area (Å²) in [6, 6.07) is 9.01. The summed E-state index contributed by atoms with van der Waals surface area (Å²) in [6.45, 7) is 10.3. The van der Waals surface area contributed by atoms with Crippen molar-refractivity contribution < 1.29 is 4.74 Å². The minimum absolute atomic E-state index is 0.596. The normalized spacial score (nSPS) is 22.6. The van der Waals surface area contributed by atoms with E-state index in [1.54, 1.807) is 7.11 Å². The molecule has 0 aromatic heterocycles. The Morgan fingerprint density at radius 1 is 1.33 bits per heavy atom. The van der Waals surface area contributed by atoms with Crippen molar-refractivity contribution in [2.75, 3.05) is 31.6 Å². The second-order valence-corrected chi connectivity index (χ2v) is 6.78. The Labute approximate surface area is 129 Å². The molecule has 2 rings (SSSR count). The van der Waals surface area contributed by atoms with Crippen molar-refractivity contribution in [2.24, 2.45) is 11.8 Å². The van der Waals surface area contributed by atoms with E-state index >= 15 is 0 Å². The van der Waals surface area contributed by atoms with E-state index in [2.05, 4.69) is 49.2 Å². The van der Waals surface area contributed by atoms with Gasteiger partial charge in [0, 0.05) is 30.9 Å². The predicted octanol–water partition coefficient (Wildman–Crippen LogP) is 3.55. The van der Waals surface area contributed by atoms with Gasteiger partial charge in [0.25, 0.3) is 0 Å². The first kappa shape index (κ1) is 16.2. The smallest absolute Gasteiger partial charge is 0.120 e. The van der Waals surface area contributed by atoms with E-state index in [-0.39, 0.29) is 0 Å². The highest BCUT2D eigenvalue weighted by Gasteiger charge is 2.24. The summed E-state index contributed by atoms with van der Waals surface area (Å²) < 4.78 is 5.35. The van der Waals surface area contributed by atoms with E-state index in [4.69, 9.17) is 4.74 Å². The summed E-state index contributed by atoms with van der Waals surface area (Å²) in [5.41, 5.74) is 1.27. The van der Waals surface area contributed by atoms with Gasteiger partial charge in [-0.05, 0) is 43.4 Å². The van der Waals surface area contributed by atoms with Crippen LogP contribution >= 0.6 is 0 Å². The van der Waals surface area contributed by atoms with Crippen LogP contribution in [0, 0.1) is 11.8 Å². The largest absolute Gasteiger partial charge is 0.497 e. The van der Waals surface area contributed by atoms with E-state index in [1.165, 1.54) is 18.5 Å². The van der Waals surface area contributed by atoms with E-state index in [0.29, 0.717) is 6.04 Å². The Morgan fingerprint density at radius 3 is 2.86 bits per heavy atom. The highest BCUT2D eigenvalue weighted by Crippen LogP contribution is 2.26. The lowest BCUT2D eigenvalue weighted by Gasteiger charge is -2.38. The van der Waals surface area contributed by atoms with Crippen LogP contribution in [0.5, 0.6) is 5.75 Å². The summed E-state index contributed by atoms with van der Waals surface area (Å²) in [6.07, 6.45) is 2.53. The molecule has 0 amide bonds. The van der Waals surface area contributed by atoms with Gasteiger partial charge in [-0.1, -0.05) is 26.8 Å². The maximum atomic E-state index is 5.35. The quantitative estimate of drug-likeness (QED) is 0.867. The minimum Gasteiger partial charge on any atom is -0.497 e. The molecule has 1 fully saturated rings. The number of piperidine rings is 1. The molecule has 118 valence electrons. The average molecular weight is 290 g/mol. The van der Waals surface area contributed by atoms with Gasteiger partial charge in [-0.3, -0.25) is 0 Å². The van der Waals surface area contributed by atoms with Crippen LogP contribution in [-0.4, -0.2) is 32.8 Å². The van der Waals surface area contributed by atoms with Gasteiger partial charge in [0.15, 0.2) is 0 Å². The predicted molar refractivity (Wildman–Crippen MR) is 90.2 cm³/mol. The van der Waals surface area contributed by atoms with Crippen LogP contribution in [0.2, 0.25) is 0 Å². The SMILES string of the molecule is COc1cccc(N2CC(C)CC(NCCC(C)C)C2)c1. The molecule has 1 heterocycles. The molecule has 1 aromatic rings. The second kappa shape index (κ2) is 7.69. The van der Waals surface area contributed by atoms with Crippen molar-refractivity contribution in [1.82, 2.24) is 5.32 Å². The zero-order chi connectivity index (χ0) is 15.2. The van der Waals surface area contributed by atoms with Gasteiger partial charge in [-0.25, -0.2) is 0 Å². The summed E-state index contributed by atoms with van der Waals surface area (Å²) in [5.74, 6) is 2.43. The molecule has 1 aliphatic rings. The molecule has 21 heavy (non-hydrogen) atoms. The van der Waals surface area contributed by atoms with Crippen molar-refractivity contribution in [3.05, 3.63) is 24.3 Å². The van der Waals surface area contributed by atoms with E-state index in [0.717, 1.165) is 37.2 Å². The first-order chi connectivity index (χ1) is 10.1. The Kier molecular flexibility index (Phi) is 5.92. The van der Waals surface area contributed by atoms with Crippen molar-refractivity contribution in [3.63, 3.8) is 0 Å². The number of nitrogens with one attached hydrogen (secondary N) is 1. The molecule has 1 N–H and O–H groups in total. The summed E-state index contributed by atoms with van der Waals surface area (Å²) in [4.78, 5) is 2.49. The summed E-state index contributed by atoms with van der Waals surface area (Å²) >= 11 is 0. The standard InChI is InChI=1S/C18H30N2O/c1-14(2)8-9-19-16-10-15(3)12-20(13-16)17-6-5-7-18(11-17)21-4/h5-7,11,14-16,19H,8-10,12-13H2,1-4H3. The van der Waals surface area contributed by atoms with Crippen LogP contribution in [0.1, 0.15) is 33.6 Å². The first-order valence-corrected chi connectivity index (χ1v) is 8.21. The molecular formula is C18H30N2O. The third kappa shape index (κ3) is 4.92. The van der Waals surface area contributed by atoms with Crippen molar-refractivity contribution in [2.45, 2.75) is 39.7 Å². The molecule has 0 spiro atoms. The number of nitrogens with zero attached hydrogens (tertiary/aromatic N) is 1. The Bertz CT molecular complexity index is 433. The minimum atomic E-state index is 0.596. The topological polar surface area (TPSA) is 24.5 Å². The maximum Gasteiger partial charge on any atom is 0.120 e. The lowest BCUT2D eigenvalue weighted by atomic mass is 9.95. The Morgan fingerprint density at radius 2 is 2.14 bits per heavy atom. The van der Waals surface area contributed by atoms with Gasteiger partial charge in [0.2, 0.25) is 0 Å². The Balaban J connectivity index is 1.96. The number of hydrogen-bond acceptors (Lipinski definition) is 3. The van der Waals surface area contributed by atoms with Gasteiger partial charge in [0.1, 0.15) is 5.75 Å². The van der Waals surface area contributed by atoms with Crippen LogP contribution in [0.15, 0.2) is 24.3 Å². The summed E-state index contributed by atoms with van der Waals surface area (Å²) in [7, 11) is 1.73. The fourth-order valence-corrected chi connectivity index (χ4v) is 3.09. The average Bonchev–Trinajstić information content (AvgIpc) is 2.46. The van der Waals surface area contributed by atoms with Crippen molar-refractivity contribution >= 4 is 5.69 Å². The molecule has 2 unspecified atom stereocenters. The molecule has 0 saturated carbocycles. The molecule has 3 nitrogen and oxygen atoms in total. The molecule has 0 radical (unpaired) electrons. The zero-order valence-electron chi connectivity index (χ0n) is 13.9. The van der Waals surface area contributed by atoms with Crippen molar-refractivity contribution in [1.29, 1.82) is 0 Å². The number of methoxy groups -OCH3 is 1. The summed E-state index contributed by atoms with van der Waals surface area (Å²) in [5, 5.41) is 3.74. The third-order valence-corrected chi connectivity index (χ3v) is 4.23. The number of anilines is 1. The number of hydrogen-bond donors (Lipinski definition) is 1. The van der Waals surface area contributed by atoms with Crippen LogP contribution in [0.3, 0.4) is 0 Å². The first-order valence-electron chi connectivity index (χ1n) is 8.21. The number of ether oxygens (including phenoxy) is 1. The highest BCUT2D eigenvalue weighted by molar-refractivity contribution is 5.51. The fraction of sp³-hybridized carbons (Fsp3) is 0.667. The lowest BCUT2D eigenvalue weighted by Crippen LogP contribution is -2.49. The molecule has 1 aliphatic heterocycles. The molecule has 2 atom stereocenters. The Hall–Kier alpha value is -1.22. The fourth-order valence-electron chi connectivity index (χ4n) is 3.09. The van der Waals surface area contributed by atoms with Gasteiger partial charge >= 0.3 is 0 Å².